The van der Waals surface area contributed by atoms with Gasteiger partial charge in [0, 0.05) is 35.8 Å². The van der Waals surface area contributed by atoms with Gasteiger partial charge in [0.25, 0.3) is 0 Å². The van der Waals surface area contributed by atoms with E-state index in [9.17, 15) is 5.11 Å². The van der Waals surface area contributed by atoms with Crippen molar-refractivity contribution in [3.8, 4) is 17.0 Å². The van der Waals surface area contributed by atoms with E-state index >= 15 is 0 Å². The number of benzene rings is 1. The summed E-state index contributed by atoms with van der Waals surface area (Å²) in [5, 5.41) is 21.0. The zero-order chi connectivity index (χ0) is 17.1. The van der Waals surface area contributed by atoms with Crippen molar-refractivity contribution in [2.45, 2.75) is 32.8 Å². The molecule has 2 heterocycles. The molecule has 0 saturated heterocycles. The minimum absolute atomic E-state index is 0.166. The lowest BCUT2D eigenvalue weighted by molar-refractivity contribution is 0.111. The van der Waals surface area contributed by atoms with Crippen molar-refractivity contribution < 1.29 is 9.84 Å². The average Bonchev–Trinajstić information content (AvgIpc) is 2.60. The molecule has 0 aliphatic rings. The minimum Gasteiger partial charge on any atom is -0.507 e. The second kappa shape index (κ2) is 6.93. The van der Waals surface area contributed by atoms with Crippen LogP contribution in [0.3, 0.4) is 0 Å². The second-order valence-electron chi connectivity index (χ2n) is 6.02. The number of nitrogens with zero attached hydrogens (tertiary/aromatic N) is 3. The van der Waals surface area contributed by atoms with Gasteiger partial charge in [-0.15, -0.1) is 5.10 Å². The number of pyridine rings is 1. The van der Waals surface area contributed by atoms with Gasteiger partial charge in [-0.1, -0.05) is 6.07 Å². The number of phenolic OH excluding ortho intramolecular Hbond substituents is 1. The normalized spacial score (nSPS) is 12.5. The summed E-state index contributed by atoms with van der Waals surface area (Å²) in [6.07, 6.45) is 5.35. The molecular formula is C19H21N3O2. The maximum absolute atomic E-state index is 10.3. The number of methoxy groups -OCH3 is 1. The third kappa shape index (κ3) is 3.21. The van der Waals surface area contributed by atoms with Crippen LogP contribution < -0.4 is 0 Å². The molecule has 1 atom stereocenters. The first-order valence-corrected chi connectivity index (χ1v) is 8.02. The van der Waals surface area contributed by atoms with Crippen LogP contribution in [-0.2, 0) is 11.2 Å². The Morgan fingerprint density at radius 1 is 1.17 bits per heavy atom. The van der Waals surface area contributed by atoms with E-state index in [1.54, 1.807) is 19.4 Å². The molecule has 0 amide bonds. The molecule has 0 aliphatic heterocycles. The first-order valence-electron chi connectivity index (χ1n) is 8.02. The van der Waals surface area contributed by atoms with Crippen molar-refractivity contribution >= 4 is 10.8 Å². The first-order chi connectivity index (χ1) is 11.6. The summed E-state index contributed by atoms with van der Waals surface area (Å²) in [6, 6.07) is 7.49. The van der Waals surface area contributed by atoms with E-state index in [0.717, 1.165) is 34.9 Å². The Morgan fingerprint density at radius 2 is 2.00 bits per heavy atom. The molecular weight excluding hydrogens is 302 g/mol. The Kier molecular flexibility index (Phi) is 4.71. The topological polar surface area (TPSA) is 68.1 Å². The largest absolute Gasteiger partial charge is 0.507 e. The van der Waals surface area contributed by atoms with Gasteiger partial charge in [-0.3, -0.25) is 4.98 Å². The number of aromatic hydroxyl groups is 1. The predicted octanol–water partition coefficient (Wildman–Crippen LogP) is 3.67. The Balaban J connectivity index is 2.08. The highest BCUT2D eigenvalue weighted by molar-refractivity contribution is 5.96. The summed E-state index contributed by atoms with van der Waals surface area (Å²) >= 11 is 0. The molecule has 5 nitrogen and oxygen atoms in total. The first kappa shape index (κ1) is 16.3. The van der Waals surface area contributed by atoms with Gasteiger partial charge in [0.2, 0.25) is 0 Å². The number of phenols is 1. The average molecular weight is 323 g/mol. The van der Waals surface area contributed by atoms with E-state index in [1.807, 2.05) is 38.2 Å². The maximum Gasteiger partial charge on any atom is 0.125 e. The Hall–Kier alpha value is -2.53. The fourth-order valence-electron chi connectivity index (χ4n) is 2.73. The van der Waals surface area contributed by atoms with Crippen molar-refractivity contribution in [2.75, 3.05) is 7.11 Å². The number of rotatable bonds is 5. The third-order valence-electron chi connectivity index (χ3n) is 4.26. The van der Waals surface area contributed by atoms with Crippen molar-refractivity contribution in [3.05, 3.63) is 47.9 Å². The molecule has 124 valence electrons. The van der Waals surface area contributed by atoms with Crippen LogP contribution in [0.25, 0.3) is 22.0 Å². The van der Waals surface area contributed by atoms with Crippen LogP contribution in [0.5, 0.6) is 5.75 Å². The van der Waals surface area contributed by atoms with E-state index in [1.165, 1.54) is 0 Å². The van der Waals surface area contributed by atoms with Gasteiger partial charge in [0.1, 0.15) is 11.4 Å². The SMILES string of the molecule is CO[C@@H](C)CCc1nnc(-c2ccc(C)cc2O)c2ccncc12. The molecule has 1 aromatic carbocycles. The van der Waals surface area contributed by atoms with Crippen LogP contribution in [0.4, 0.5) is 0 Å². The molecule has 0 radical (unpaired) electrons. The minimum atomic E-state index is 0.166. The number of ether oxygens (including phenoxy) is 1. The lowest BCUT2D eigenvalue weighted by Crippen LogP contribution is -2.08. The second-order valence-corrected chi connectivity index (χ2v) is 6.02. The number of fused-ring (bicyclic) bond motifs is 1. The van der Waals surface area contributed by atoms with Gasteiger partial charge in [0.05, 0.1) is 11.8 Å². The molecule has 0 unspecified atom stereocenters. The molecule has 0 saturated carbocycles. The number of hydrogen-bond acceptors (Lipinski definition) is 5. The zero-order valence-corrected chi connectivity index (χ0v) is 14.2. The molecule has 0 fully saturated rings. The third-order valence-corrected chi connectivity index (χ3v) is 4.26. The fraction of sp³-hybridized carbons (Fsp3) is 0.316. The van der Waals surface area contributed by atoms with Crippen molar-refractivity contribution in [1.29, 1.82) is 0 Å². The van der Waals surface area contributed by atoms with E-state index in [0.29, 0.717) is 11.3 Å². The Labute approximate surface area is 141 Å². The summed E-state index contributed by atoms with van der Waals surface area (Å²) in [5.41, 5.74) is 3.26. The van der Waals surface area contributed by atoms with E-state index in [2.05, 4.69) is 15.2 Å². The summed E-state index contributed by atoms with van der Waals surface area (Å²) in [7, 11) is 1.71. The summed E-state index contributed by atoms with van der Waals surface area (Å²) in [4.78, 5) is 4.23. The van der Waals surface area contributed by atoms with Crippen LogP contribution in [0.2, 0.25) is 0 Å². The van der Waals surface area contributed by atoms with Gasteiger partial charge in [-0.05, 0) is 50.5 Å². The highest BCUT2D eigenvalue weighted by Crippen LogP contribution is 2.33. The zero-order valence-electron chi connectivity index (χ0n) is 14.2. The number of aryl methyl sites for hydroxylation is 2. The smallest absolute Gasteiger partial charge is 0.125 e. The van der Waals surface area contributed by atoms with Crippen LogP contribution in [0.15, 0.2) is 36.7 Å². The van der Waals surface area contributed by atoms with E-state index in [-0.39, 0.29) is 11.9 Å². The van der Waals surface area contributed by atoms with Crippen LogP contribution >= 0.6 is 0 Å². The van der Waals surface area contributed by atoms with Gasteiger partial charge >= 0.3 is 0 Å². The number of aromatic nitrogens is 3. The molecule has 2 aromatic heterocycles. The summed E-state index contributed by atoms with van der Waals surface area (Å²) < 4.78 is 5.31. The standard InChI is InChI=1S/C19H21N3O2/c1-12-4-6-15(18(23)10-12)19-14-8-9-20-11-16(14)17(21-22-19)7-5-13(2)24-3/h4,6,8-11,13,23H,5,7H2,1-3H3/t13-/m0/s1. The Morgan fingerprint density at radius 3 is 2.75 bits per heavy atom. The summed E-state index contributed by atoms with van der Waals surface area (Å²) in [6.45, 7) is 3.98. The van der Waals surface area contributed by atoms with Crippen molar-refractivity contribution in [2.24, 2.45) is 0 Å². The molecule has 0 aliphatic carbocycles. The molecule has 3 aromatic rings. The fourth-order valence-corrected chi connectivity index (χ4v) is 2.73. The molecule has 0 bridgehead atoms. The van der Waals surface area contributed by atoms with E-state index < -0.39 is 0 Å². The summed E-state index contributed by atoms with van der Waals surface area (Å²) in [5.74, 6) is 0.211. The van der Waals surface area contributed by atoms with Crippen molar-refractivity contribution in [1.82, 2.24) is 15.2 Å². The molecule has 1 N–H and O–H groups in total. The quantitative estimate of drug-likeness (QED) is 0.776. The van der Waals surface area contributed by atoms with Gasteiger partial charge in [-0.25, -0.2) is 0 Å². The van der Waals surface area contributed by atoms with Crippen LogP contribution in [-0.4, -0.2) is 33.5 Å². The van der Waals surface area contributed by atoms with Crippen LogP contribution in [0, 0.1) is 6.92 Å². The monoisotopic (exact) mass is 323 g/mol. The van der Waals surface area contributed by atoms with Gasteiger partial charge in [0.15, 0.2) is 0 Å². The maximum atomic E-state index is 10.3. The molecule has 3 rings (SSSR count). The van der Waals surface area contributed by atoms with Gasteiger partial charge < -0.3 is 9.84 Å². The highest BCUT2D eigenvalue weighted by atomic mass is 16.5. The molecule has 0 spiro atoms. The van der Waals surface area contributed by atoms with Gasteiger partial charge in [-0.2, -0.15) is 5.10 Å². The lowest BCUT2D eigenvalue weighted by atomic mass is 10.0. The van der Waals surface area contributed by atoms with E-state index in [4.69, 9.17) is 4.74 Å². The molecule has 24 heavy (non-hydrogen) atoms. The van der Waals surface area contributed by atoms with Crippen LogP contribution in [0.1, 0.15) is 24.6 Å². The number of hydrogen-bond donors (Lipinski definition) is 1. The van der Waals surface area contributed by atoms with Crippen molar-refractivity contribution in [3.63, 3.8) is 0 Å². The lowest BCUT2D eigenvalue weighted by Gasteiger charge is -2.12. The highest BCUT2D eigenvalue weighted by Gasteiger charge is 2.14. The Bertz CT molecular complexity index is 864. The predicted molar refractivity (Wildman–Crippen MR) is 94.0 cm³/mol. The molecule has 5 heteroatoms.